The van der Waals surface area contributed by atoms with Gasteiger partial charge in [-0.2, -0.15) is 0 Å². The molecule has 30 heavy (non-hydrogen) atoms. The minimum Gasteiger partial charge on any atom is -0.355 e. The van der Waals surface area contributed by atoms with E-state index in [-0.39, 0.29) is 34.5 Å². The molecule has 3 rings (SSSR count). The fraction of sp³-hybridized carbons (Fsp3) is 0.381. The van der Waals surface area contributed by atoms with Gasteiger partial charge in [-0.05, 0) is 43.1 Å². The van der Waals surface area contributed by atoms with Gasteiger partial charge in [0, 0.05) is 29.8 Å². The predicted molar refractivity (Wildman–Crippen MR) is 136 cm³/mol. The second-order valence-electron chi connectivity index (χ2n) is 7.16. The molecule has 1 fully saturated rings. The zero-order chi connectivity index (χ0) is 20.7. The van der Waals surface area contributed by atoms with Crippen LogP contribution in [0.4, 0.5) is 0 Å². The lowest BCUT2D eigenvalue weighted by molar-refractivity contribution is 0.587. The molecule has 0 heterocycles. The second-order valence-corrected chi connectivity index (χ2v) is 10.6. The van der Waals surface area contributed by atoms with E-state index in [9.17, 15) is 8.42 Å². The van der Waals surface area contributed by atoms with Crippen molar-refractivity contribution in [1.82, 2.24) is 15.4 Å². The fourth-order valence-electron chi connectivity index (χ4n) is 2.89. The highest BCUT2D eigenvalue weighted by Crippen LogP contribution is 2.51. The first kappa shape index (κ1) is 25.0. The number of benzene rings is 2. The van der Waals surface area contributed by atoms with Crippen molar-refractivity contribution in [1.29, 1.82) is 0 Å². The zero-order valence-electron chi connectivity index (χ0n) is 17.2. The molecular formula is C21H29IN4O2S2. The van der Waals surface area contributed by atoms with Crippen molar-refractivity contribution in [2.75, 3.05) is 20.6 Å². The average Bonchev–Trinajstić information content (AvgIpc) is 3.49. The molecule has 2 aromatic rings. The van der Waals surface area contributed by atoms with Gasteiger partial charge >= 0.3 is 0 Å². The molecule has 0 saturated heterocycles. The van der Waals surface area contributed by atoms with Crippen LogP contribution >= 0.6 is 35.7 Å². The first-order valence-corrected chi connectivity index (χ1v) is 12.1. The maximum atomic E-state index is 11.6. The van der Waals surface area contributed by atoms with Crippen molar-refractivity contribution in [3.63, 3.8) is 0 Å². The molecule has 3 N–H and O–H groups in total. The van der Waals surface area contributed by atoms with Gasteiger partial charge in [-0.15, -0.1) is 35.7 Å². The van der Waals surface area contributed by atoms with Gasteiger partial charge in [0.1, 0.15) is 0 Å². The lowest BCUT2D eigenvalue weighted by Gasteiger charge is -2.18. The highest BCUT2D eigenvalue weighted by molar-refractivity contribution is 14.0. The Balaban J connectivity index is 0.00000320. The molecule has 0 bridgehead atoms. The number of aliphatic imine (C=N–C) groups is 1. The predicted octanol–water partition coefficient (Wildman–Crippen LogP) is 3.34. The zero-order valence-corrected chi connectivity index (χ0v) is 21.2. The Kier molecular flexibility index (Phi) is 9.45. The van der Waals surface area contributed by atoms with E-state index in [0.29, 0.717) is 6.54 Å². The van der Waals surface area contributed by atoms with E-state index in [1.54, 1.807) is 7.05 Å². The molecule has 1 saturated carbocycles. The number of sulfonamides is 1. The first-order chi connectivity index (χ1) is 13.9. The third-order valence-corrected chi connectivity index (χ3v) is 7.67. The van der Waals surface area contributed by atoms with Crippen LogP contribution in [0.1, 0.15) is 24.0 Å². The summed E-state index contributed by atoms with van der Waals surface area (Å²) in [5, 5.41) is 6.77. The van der Waals surface area contributed by atoms with E-state index < -0.39 is 10.0 Å². The topological polar surface area (TPSA) is 82.6 Å². The Bertz CT molecular complexity index is 931. The van der Waals surface area contributed by atoms with Gasteiger partial charge in [0.05, 0.1) is 5.75 Å². The molecule has 0 unspecified atom stereocenters. The van der Waals surface area contributed by atoms with Crippen molar-refractivity contribution >= 4 is 51.7 Å². The summed E-state index contributed by atoms with van der Waals surface area (Å²) >= 11 is 1.93. The van der Waals surface area contributed by atoms with E-state index in [1.807, 2.05) is 42.1 Å². The summed E-state index contributed by atoms with van der Waals surface area (Å²) < 4.78 is 25.8. The summed E-state index contributed by atoms with van der Waals surface area (Å²) in [5.74, 6) is 0.758. The van der Waals surface area contributed by atoms with Gasteiger partial charge in [-0.3, -0.25) is 4.99 Å². The van der Waals surface area contributed by atoms with Crippen LogP contribution in [0.15, 0.2) is 64.5 Å². The van der Waals surface area contributed by atoms with Crippen LogP contribution in [0.25, 0.3) is 0 Å². The first-order valence-electron chi connectivity index (χ1n) is 9.61. The van der Waals surface area contributed by atoms with Gasteiger partial charge in [0.2, 0.25) is 10.0 Å². The minimum absolute atomic E-state index is 0. The summed E-state index contributed by atoms with van der Waals surface area (Å²) in [6, 6.07) is 18.1. The molecule has 164 valence electrons. The molecule has 0 atom stereocenters. The largest absolute Gasteiger partial charge is 0.355 e. The molecule has 0 aromatic heterocycles. The second kappa shape index (κ2) is 11.4. The van der Waals surface area contributed by atoms with Crippen LogP contribution in [-0.4, -0.2) is 39.8 Å². The molecular weight excluding hydrogens is 531 g/mol. The number of rotatable bonds is 9. The Morgan fingerprint density at radius 1 is 1.03 bits per heavy atom. The summed E-state index contributed by atoms with van der Waals surface area (Å²) in [7, 11) is -0.0542. The summed E-state index contributed by atoms with van der Waals surface area (Å²) in [4.78, 5) is 5.62. The van der Waals surface area contributed by atoms with Crippen LogP contribution in [-0.2, 0) is 22.3 Å². The van der Waals surface area contributed by atoms with Crippen molar-refractivity contribution in [3.05, 3.63) is 65.7 Å². The van der Waals surface area contributed by atoms with Gasteiger partial charge in [0.25, 0.3) is 0 Å². The number of halogens is 1. The van der Waals surface area contributed by atoms with E-state index in [4.69, 9.17) is 0 Å². The number of nitrogens with zero attached hydrogens (tertiary/aromatic N) is 1. The number of nitrogens with one attached hydrogen (secondary N) is 3. The van der Waals surface area contributed by atoms with Crippen LogP contribution < -0.4 is 15.4 Å². The maximum Gasteiger partial charge on any atom is 0.215 e. The van der Waals surface area contributed by atoms with Crippen molar-refractivity contribution in [2.24, 2.45) is 4.99 Å². The van der Waals surface area contributed by atoms with E-state index in [1.165, 1.54) is 24.8 Å². The molecule has 0 radical (unpaired) electrons. The summed E-state index contributed by atoms with van der Waals surface area (Å²) in [6.07, 6.45) is 2.40. The molecule has 9 heteroatoms. The summed E-state index contributed by atoms with van der Waals surface area (Å²) in [5.41, 5.74) is 1.83. The Morgan fingerprint density at radius 3 is 2.23 bits per heavy atom. The highest BCUT2D eigenvalue weighted by atomic mass is 127. The molecule has 0 spiro atoms. The monoisotopic (exact) mass is 560 g/mol. The van der Waals surface area contributed by atoms with Gasteiger partial charge in [-0.25, -0.2) is 13.1 Å². The van der Waals surface area contributed by atoms with E-state index >= 15 is 0 Å². The number of hydrogen-bond donors (Lipinski definition) is 3. The smallest absolute Gasteiger partial charge is 0.215 e. The SMILES string of the molecule is CN=C(NCc1ccc(CS(=O)(=O)NC)cc1)NCC1(Sc2ccccc2)CC1.I. The Labute approximate surface area is 200 Å². The third kappa shape index (κ3) is 7.75. The van der Waals surface area contributed by atoms with Crippen molar-refractivity contribution < 1.29 is 8.42 Å². The van der Waals surface area contributed by atoms with Crippen molar-refractivity contribution in [3.8, 4) is 0 Å². The van der Waals surface area contributed by atoms with Gasteiger partial charge < -0.3 is 10.6 Å². The highest BCUT2D eigenvalue weighted by Gasteiger charge is 2.43. The van der Waals surface area contributed by atoms with Crippen LogP contribution in [0, 0.1) is 0 Å². The number of guanidine groups is 1. The van der Waals surface area contributed by atoms with E-state index in [0.717, 1.165) is 23.6 Å². The minimum atomic E-state index is -3.25. The average molecular weight is 561 g/mol. The van der Waals surface area contributed by atoms with Crippen LogP contribution in [0.3, 0.4) is 0 Å². The van der Waals surface area contributed by atoms with Crippen LogP contribution in [0.5, 0.6) is 0 Å². The quantitative estimate of drug-likeness (QED) is 0.249. The molecule has 1 aliphatic carbocycles. The standard InChI is InChI=1S/C21H28N4O2S2.HI/c1-22-20(25-16-21(12-13-21)28-19-6-4-3-5-7-19)24-14-17-8-10-18(11-9-17)15-29(26,27)23-2;/h3-11,23H,12-16H2,1-2H3,(H2,22,24,25);1H. The Hall–Kier alpha value is -1.30. The normalized spacial score (nSPS) is 15.2. The molecule has 1 aliphatic rings. The van der Waals surface area contributed by atoms with Gasteiger partial charge in [0.15, 0.2) is 5.96 Å². The van der Waals surface area contributed by atoms with Crippen LogP contribution in [0.2, 0.25) is 0 Å². The fourth-order valence-corrected chi connectivity index (χ4v) is 4.91. The third-order valence-electron chi connectivity index (χ3n) is 4.84. The van der Waals surface area contributed by atoms with E-state index in [2.05, 4.69) is 44.6 Å². The lowest BCUT2D eigenvalue weighted by atomic mass is 10.1. The molecule has 0 amide bonds. The Morgan fingerprint density at radius 2 is 1.67 bits per heavy atom. The maximum absolute atomic E-state index is 11.6. The number of hydrogen-bond acceptors (Lipinski definition) is 4. The number of thioether (sulfide) groups is 1. The van der Waals surface area contributed by atoms with Crippen molar-refractivity contribution in [2.45, 2.75) is 34.8 Å². The lowest BCUT2D eigenvalue weighted by Crippen LogP contribution is -2.40. The summed E-state index contributed by atoms with van der Waals surface area (Å²) in [6.45, 7) is 1.49. The molecule has 2 aromatic carbocycles. The molecule has 6 nitrogen and oxygen atoms in total. The molecule has 0 aliphatic heterocycles. The van der Waals surface area contributed by atoms with Gasteiger partial charge in [-0.1, -0.05) is 42.5 Å².